The summed E-state index contributed by atoms with van der Waals surface area (Å²) in [5.74, 6) is 0.780. The second-order valence-electron chi connectivity index (χ2n) is 10.1. The third-order valence-corrected chi connectivity index (χ3v) is 7.33. The summed E-state index contributed by atoms with van der Waals surface area (Å²) in [6.07, 6.45) is 4.53. The molecule has 0 spiro atoms. The van der Waals surface area contributed by atoms with E-state index >= 15 is 0 Å². The molecule has 3 fully saturated rings. The largest absolute Gasteiger partial charge is 0.388 e. The summed E-state index contributed by atoms with van der Waals surface area (Å²) in [7, 11) is 0. The van der Waals surface area contributed by atoms with Gasteiger partial charge in [-0.1, -0.05) is 11.6 Å². The quantitative estimate of drug-likeness (QED) is 0.458. The molecular formula is C24H25ClN10O. The average molecular weight is 505 g/mol. The van der Waals surface area contributed by atoms with E-state index in [1.54, 1.807) is 12.1 Å². The van der Waals surface area contributed by atoms with Crippen LogP contribution in [0.2, 0.25) is 5.02 Å². The van der Waals surface area contributed by atoms with Crippen LogP contribution >= 0.6 is 11.6 Å². The van der Waals surface area contributed by atoms with E-state index in [1.165, 1.54) is 10.7 Å². The number of nitriles is 2. The van der Waals surface area contributed by atoms with Gasteiger partial charge in [-0.15, -0.1) is 5.10 Å². The summed E-state index contributed by atoms with van der Waals surface area (Å²) in [6, 6.07) is 8.45. The van der Waals surface area contributed by atoms with Gasteiger partial charge in [0.05, 0.1) is 39.8 Å². The van der Waals surface area contributed by atoms with Crippen LogP contribution in [0.1, 0.15) is 37.4 Å². The number of nitrogens with one attached hydrogen (secondary N) is 2. The number of aliphatic hydroxyl groups is 1. The van der Waals surface area contributed by atoms with E-state index in [-0.39, 0.29) is 5.95 Å². The zero-order valence-electron chi connectivity index (χ0n) is 19.7. The Labute approximate surface area is 212 Å². The molecule has 0 bridgehead atoms. The molecule has 3 aromatic rings. The predicted molar refractivity (Wildman–Crippen MR) is 134 cm³/mol. The predicted octanol–water partition coefficient (Wildman–Crippen LogP) is 2.48. The van der Waals surface area contributed by atoms with Crippen molar-refractivity contribution in [1.82, 2.24) is 24.5 Å². The smallest absolute Gasteiger partial charge is 0.247 e. The standard InChI is InChI=1S/C24H25ClN10O/c1-24(36)12-34(13-24)16-4-5-33(11-16)19-7-14(8-26)6-18(20(19)25)30-23-31-21(29-15-2-3-15)22-28-10-17(9-27)35(22)32-23/h6-7,10,15-16,36H,2-5,11-13H2,1H3,(H2,29,30,31,32)/t16-/m1/s1. The SMILES string of the molecule is CC1(O)CN([C@@H]2CCN(c3cc(C#N)cc(Nc4nc(NC5CC5)c5ncc(C#N)n5n4)c3Cl)C2)C1. The van der Waals surface area contributed by atoms with Crippen molar-refractivity contribution < 1.29 is 5.11 Å². The molecule has 12 heteroatoms. The Morgan fingerprint density at radius 1 is 1.19 bits per heavy atom. The van der Waals surface area contributed by atoms with Crippen LogP contribution in [0.25, 0.3) is 5.65 Å². The van der Waals surface area contributed by atoms with Gasteiger partial charge in [0.1, 0.15) is 6.07 Å². The van der Waals surface area contributed by atoms with Gasteiger partial charge >= 0.3 is 0 Å². The van der Waals surface area contributed by atoms with Gasteiger partial charge in [0.15, 0.2) is 17.2 Å². The summed E-state index contributed by atoms with van der Waals surface area (Å²) in [5, 5.41) is 40.7. The molecule has 184 valence electrons. The fraction of sp³-hybridized carbons (Fsp3) is 0.458. The highest BCUT2D eigenvalue weighted by molar-refractivity contribution is 6.36. The molecule has 2 aromatic heterocycles. The van der Waals surface area contributed by atoms with Gasteiger partial charge < -0.3 is 20.6 Å². The van der Waals surface area contributed by atoms with Crippen molar-refractivity contribution in [2.45, 2.75) is 43.9 Å². The topological polar surface area (TPSA) is 141 Å². The molecule has 3 N–H and O–H groups in total. The Bertz CT molecular complexity index is 1430. The Hall–Kier alpha value is -3.64. The van der Waals surface area contributed by atoms with E-state index in [9.17, 15) is 15.6 Å². The van der Waals surface area contributed by atoms with E-state index in [0.29, 0.717) is 58.6 Å². The van der Waals surface area contributed by atoms with Crippen molar-refractivity contribution in [3.63, 3.8) is 0 Å². The summed E-state index contributed by atoms with van der Waals surface area (Å²) < 4.78 is 1.45. The van der Waals surface area contributed by atoms with Crippen molar-refractivity contribution in [3.05, 3.63) is 34.6 Å². The molecule has 36 heavy (non-hydrogen) atoms. The van der Waals surface area contributed by atoms with Crippen LogP contribution < -0.4 is 15.5 Å². The van der Waals surface area contributed by atoms with Gasteiger partial charge in [-0.05, 0) is 38.3 Å². The fourth-order valence-corrected chi connectivity index (χ4v) is 5.27. The molecule has 1 saturated carbocycles. The molecule has 4 heterocycles. The zero-order chi connectivity index (χ0) is 25.0. The first-order chi connectivity index (χ1) is 17.3. The number of halogens is 1. The summed E-state index contributed by atoms with van der Waals surface area (Å²) in [4.78, 5) is 13.4. The van der Waals surface area contributed by atoms with Crippen LogP contribution in [0.3, 0.4) is 0 Å². The number of anilines is 4. The molecule has 0 radical (unpaired) electrons. The number of hydrogen-bond donors (Lipinski definition) is 3. The second-order valence-corrected chi connectivity index (χ2v) is 10.5. The number of imidazole rings is 1. The molecule has 6 rings (SSSR count). The Kier molecular flexibility index (Phi) is 5.38. The van der Waals surface area contributed by atoms with E-state index < -0.39 is 5.60 Å². The zero-order valence-corrected chi connectivity index (χ0v) is 20.5. The lowest BCUT2D eigenvalue weighted by atomic mass is 9.94. The number of nitrogens with zero attached hydrogens (tertiary/aromatic N) is 8. The highest BCUT2D eigenvalue weighted by Crippen LogP contribution is 2.39. The van der Waals surface area contributed by atoms with Crippen LogP contribution in [-0.4, -0.2) is 73.5 Å². The highest BCUT2D eigenvalue weighted by atomic mass is 35.5. The summed E-state index contributed by atoms with van der Waals surface area (Å²) >= 11 is 6.87. The van der Waals surface area contributed by atoms with Gasteiger partial charge in [0, 0.05) is 38.3 Å². The number of hydrogen-bond acceptors (Lipinski definition) is 10. The molecule has 0 amide bonds. The highest BCUT2D eigenvalue weighted by Gasteiger charge is 2.42. The first kappa shape index (κ1) is 22.8. The molecular weight excluding hydrogens is 480 g/mol. The number of rotatable bonds is 6. The van der Waals surface area contributed by atoms with Crippen molar-refractivity contribution in [2.24, 2.45) is 0 Å². The average Bonchev–Trinajstić information content (AvgIpc) is 3.35. The minimum atomic E-state index is -0.613. The maximum Gasteiger partial charge on any atom is 0.247 e. The van der Waals surface area contributed by atoms with Crippen molar-refractivity contribution in [1.29, 1.82) is 10.5 Å². The second kappa shape index (κ2) is 8.49. The van der Waals surface area contributed by atoms with Crippen LogP contribution in [0.5, 0.6) is 0 Å². The monoisotopic (exact) mass is 504 g/mol. The number of benzene rings is 1. The number of aromatic nitrogens is 4. The van der Waals surface area contributed by atoms with Crippen molar-refractivity contribution >= 4 is 40.4 Å². The molecule has 1 aromatic carbocycles. The van der Waals surface area contributed by atoms with Crippen LogP contribution in [-0.2, 0) is 0 Å². The molecule has 2 aliphatic heterocycles. The van der Waals surface area contributed by atoms with Gasteiger partial charge in [-0.3, -0.25) is 4.90 Å². The Morgan fingerprint density at radius 2 is 2.00 bits per heavy atom. The molecule has 0 unspecified atom stereocenters. The maximum absolute atomic E-state index is 10.1. The fourth-order valence-electron chi connectivity index (χ4n) is 4.99. The first-order valence-electron chi connectivity index (χ1n) is 12.0. The third-order valence-electron chi connectivity index (χ3n) is 6.93. The van der Waals surface area contributed by atoms with Crippen LogP contribution in [0, 0.1) is 22.7 Å². The molecule has 3 aliphatic rings. The molecule has 11 nitrogen and oxygen atoms in total. The van der Waals surface area contributed by atoms with Gasteiger partial charge in [0.2, 0.25) is 5.95 Å². The summed E-state index contributed by atoms with van der Waals surface area (Å²) in [6.45, 7) is 4.76. The summed E-state index contributed by atoms with van der Waals surface area (Å²) in [5.41, 5.74) is 1.90. The van der Waals surface area contributed by atoms with Gasteiger partial charge in [-0.25, -0.2) is 4.98 Å². The minimum absolute atomic E-state index is 0.241. The third kappa shape index (κ3) is 4.16. The Balaban J connectivity index is 1.31. The van der Waals surface area contributed by atoms with Gasteiger partial charge in [-0.2, -0.15) is 20.0 Å². The normalized spacial score (nSPS) is 21.1. The minimum Gasteiger partial charge on any atom is -0.388 e. The van der Waals surface area contributed by atoms with Crippen molar-refractivity contribution in [2.75, 3.05) is 41.7 Å². The Morgan fingerprint density at radius 3 is 2.69 bits per heavy atom. The molecule has 1 aliphatic carbocycles. The van der Waals surface area contributed by atoms with E-state index in [0.717, 1.165) is 38.0 Å². The lowest BCUT2D eigenvalue weighted by molar-refractivity contribution is -0.0984. The number of fused-ring (bicyclic) bond motifs is 1. The van der Waals surface area contributed by atoms with Gasteiger partial charge in [0.25, 0.3) is 0 Å². The molecule has 1 atom stereocenters. The maximum atomic E-state index is 10.1. The van der Waals surface area contributed by atoms with Crippen LogP contribution in [0.4, 0.5) is 23.1 Å². The van der Waals surface area contributed by atoms with Crippen LogP contribution in [0.15, 0.2) is 18.3 Å². The van der Waals surface area contributed by atoms with E-state index in [2.05, 4.69) is 47.6 Å². The van der Waals surface area contributed by atoms with E-state index in [4.69, 9.17) is 11.6 Å². The van der Waals surface area contributed by atoms with Crippen molar-refractivity contribution in [3.8, 4) is 12.1 Å². The molecule has 2 saturated heterocycles. The number of β-amino-alcohol motifs (C(OH)–C–C–N with tert-alkyl or cyclic N) is 1. The lowest BCUT2D eigenvalue weighted by Gasteiger charge is -2.47. The number of likely N-dealkylation sites (tertiary alicyclic amines) is 1. The first-order valence-corrected chi connectivity index (χ1v) is 12.4. The van der Waals surface area contributed by atoms with E-state index in [1.807, 2.05) is 6.92 Å². The lowest BCUT2D eigenvalue weighted by Crippen LogP contribution is -2.63.